The van der Waals surface area contributed by atoms with Crippen molar-refractivity contribution < 1.29 is 4.79 Å². The van der Waals surface area contributed by atoms with E-state index in [2.05, 4.69) is 4.98 Å². The van der Waals surface area contributed by atoms with Crippen LogP contribution in [0.3, 0.4) is 0 Å². The van der Waals surface area contributed by atoms with Crippen molar-refractivity contribution in [3.8, 4) is 0 Å². The Hall–Kier alpha value is -0.420. The monoisotopic (exact) mass is 228 g/mol. The lowest BCUT2D eigenvalue weighted by Crippen LogP contribution is -2.26. The molecule has 1 aliphatic heterocycles. The molecule has 0 radical (unpaired) electrons. The molecule has 0 aliphatic carbocycles. The van der Waals surface area contributed by atoms with E-state index >= 15 is 0 Å². The maximum atomic E-state index is 12.0. The number of thioether (sulfide) groups is 2. The lowest BCUT2D eigenvalue weighted by molar-refractivity contribution is 0.0982. The standard InChI is InChI=1S/C9H12N2OS2/c1-11-3-2-10-9(11)8(12)7-6-13-4-5-14-7/h2-3,7H,4-6H2,1H3. The van der Waals surface area contributed by atoms with Gasteiger partial charge in [0.25, 0.3) is 0 Å². The van der Waals surface area contributed by atoms with Gasteiger partial charge in [-0.2, -0.15) is 11.8 Å². The third kappa shape index (κ3) is 1.98. The third-order valence-electron chi connectivity index (χ3n) is 2.15. The molecule has 5 heteroatoms. The summed E-state index contributed by atoms with van der Waals surface area (Å²) in [6, 6.07) is 0. The number of carbonyl (C=O) groups is 1. The number of ketones is 1. The summed E-state index contributed by atoms with van der Waals surface area (Å²) < 4.78 is 1.79. The SMILES string of the molecule is Cn1ccnc1C(=O)C1CSCCS1. The van der Waals surface area contributed by atoms with Gasteiger partial charge in [-0.15, -0.1) is 11.8 Å². The number of aromatic nitrogens is 2. The van der Waals surface area contributed by atoms with Crippen molar-refractivity contribution in [2.24, 2.45) is 7.05 Å². The molecule has 1 unspecified atom stereocenters. The Morgan fingerprint density at radius 1 is 1.64 bits per heavy atom. The van der Waals surface area contributed by atoms with Crippen LogP contribution in [0.2, 0.25) is 0 Å². The maximum Gasteiger partial charge on any atom is 0.211 e. The van der Waals surface area contributed by atoms with Gasteiger partial charge in [0.1, 0.15) is 0 Å². The molecule has 3 nitrogen and oxygen atoms in total. The van der Waals surface area contributed by atoms with Crippen LogP contribution in [0, 0.1) is 0 Å². The molecule has 0 amide bonds. The molecule has 2 heterocycles. The van der Waals surface area contributed by atoms with Gasteiger partial charge in [0, 0.05) is 36.7 Å². The molecule has 0 aromatic carbocycles. The van der Waals surface area contributed by atoms with Gasteiger partial charge in [-0.1, -0.05) is 0 Å². The van der Waals surface area contributed by atoms with Gasteiger partial charge in [-0.05, 0) is 0 Å². The molecular weight excluding hydrogens is 216 g/mol. The molecule has 1 fully saturated rings. The Kier molecular flexibility index (Phi) is 3.18. The van der Waals surface area contributed by atoms with Crippen molar-refractivity contribution in [3.63, 3.8) is 0 Å². The Bertz CT molecular complexity index is 331. The molecular formula is C9H12N2OS2. The summed E-state index contributed by atoms with van der Waals surface area (Å²) >= 11 is 3.61. The van der Waals surface area contributed by atoms with E-state index < -0.39 is 0 Å². The zero-order valence-electron chi connectivity index (χ0n) is 7.97. The summed E-state index contributed by atoms with van der Waals surface area (Å²) in [4.78, 5) is 16.0. The maximum absolute atomic E-state index is 12.0. The molecule has 0 bridgehead atoms. The highest BCUT2D eigenvalue weighted by Crippen LogP contribution is 2.26. The fourth-order valence-electron chi connectivity index (χ4n) is 1.39. The first kappa shape index (κ1) is 10.1. The first-order valence-corrected chi connectivity index (χ1v) is 6.70. The Labute approximate surface area is 91.7 Å². The van der Waals surface area contributed by atoms with E-state index in [4.69, 9.17) is 0 Å². The Morgan fingerprint density at radius 3 is 3.07 bits per heavy atom. The smallest absolute Gasteiger partial charge is 0.211 e. The van der Waals surface area contributed by atoms with Crippen LogP contribution in [0.5, 0.6) is 0 Å². The van der Waals surface area contributed by atoms with E-state index in [0.717, 1.165) is 17.3 Å². The molecule has 76 valence electrons. The third-order valence-corrected chi connectivity index (χ3v) is 4.90. The Balaban J connectivity index is 2.11. The van der Waals surface area contributed by atoms with E-state index in [1.807, 2.05) is 25.0 Å². The zero-order chi connectivity index (χ0) is 9.97. The average molecular weight is 228 g/mol. The van der Waals surface area contributed by atoms with Gasteiger partial charge < -0.3 is 4.57 Å². The van der Waals surface area contributed by atoms with Crippen LogP contribution in [-0.4, -0.2) is 37.8 Å². The van der Waals surface area contributed by atoms with Gasteiger partial charge in [0.15, 0.2) is 5.82 Å². The van der Waals surface area contributed by atoms with Gasteiger partial charge >= 0.3 is 0 Å². The van der Waals surface area contributed by atoms with Crippen LogP contribution in [0.4, 0.5) is 0 Å². The predicted octanol–water partition coefficient (Wildman–Crippen LogP) is 1.45. The van der Waals surface area contributed by atoms with E-state index in [1.54, 1.807) is 22.5 Å². The highest BCUT2D eigenvalue weighted by Gasteiger charge is 2.25. The van der Waals surface area contributed by atoms with Gasteiger partial charge in [0.2, 0.25) is 5.78 Å². The van der Waals surface area contributed by atoms with Gasteiger partial charge in [-0.25, -0.2) is 4.98 Å². The molecule has 0 saturated carbocycles. The van der Waals surface area contributed by atoms with Crippen LogP contribution in [-0.2, 0) is 7.05 Å². The number of rotatable bonds is 2. The van der Waals surface area contributed by atoms with E-state index in [1.165, 1.54) is 0 Å². The molecule has 1 saturated heterocycles. The first-order chi connectivity index (χ1) is 6.79. The lowest BCUT2D eigenvalue weighted by Gasteiger charge is -2.19. The van der Waals surface area contributed by atoms with Crippen molar-refractivity contribution in [2.45, 2.75) is 5.25 Å². The van der Waals surface area contributed by atoms with Crippen LogP contribution in [0.25, 0.3) is 0 Å². The summed E-state index contributed by atoms with van der Waals surface area (Å²) in [6.07, 6.45) is 3.49. The largest absolute Gasteiger partial charge is 0.332 e. The van der Waals surface area contributed by atoms with Gasteiger partial charge in [0.05, 0.1) is 5.25 Å². The molecule has 2 rings (SSSR count). The summed E-state index contributed by atoms with van der Waals surface area (Å²) in [7, 11) is 1.86. The molecule has 1 aromatic heterocycles. The number of carbonyl (C=O) groups excluding carboxylic acids is 1. The quantitative estimate of drug-likeness (QED) is 0.718. The van der Waals surface area contributed by atoms with Crippen molar-refractivity contribution >= 4 is 29.3 Å². The summed E-state index contributed by atoms with van der Waals surface area (Å²) in [5.41, 5.74) is 0. The second kappa shape index (κ2) is 4.40. The average Bonchev–Trinajstić information content (AvgIpc) is 2.65. The molecule has 1 aliphatic rings. The van der Waals surface area contributed by atoms with Crippen molar-refractivity contribution in [1.29, 1.82) is 0 Å². The second-order valence-corrected chi connectivity index (χ2v) is 5.62. The summed E-state index contributed by atoms with van der Waals surface area (Å²) in [5, 5.41) is 0.106. The fourth-order valence-corrected chi connectivity index (χ4v) is 3.99. The minimum Gasteiger partial charge on any atom is -0.332 e. The highest BCUT2D eigenvalue weighted by molar-refractivity contribution is 8.07. The van der Waals surface area contributed by atoms with E-state index in [-0.39, 0.29) is 11.0 Å². The number of hydrogen-bond donors (Lipinski definition) is 0. The number of aryl methyl sites for hydroxylation is 1. The number of nitrogens with zero attached hydrogens (tertiary/aromatic N) is 2. The number of imidazole rings is 1. The first-order valence-electron chi connectivity index (χ1n) is 4.50. The van der Waals surface area contributed by atoms with Crippen molar-refractivity contribution in [1.82, 2.24) is 9.55 Å². The number of Topliss-reactive ketones (excluding diaryl/α,β-unsaturated/α-hetero) is 1. The molecule has 1 aromatic rings. The zero-order valence-corrected chi connectivity index (χ0v) is 9.61. The molecule has 0 spiro atoms. The molecule has 14 heavy (non-hydrogen) atoms. The van der Waals surface area contributed by atoms with Crippen LogP contribution in [0.15, 0.2) is 12.4 Å². The topological polar surface area (TPSA) is 34.9 Å². The van der Waals surface area contributed by atoms with Gasteiger partial charge in [-0.3, -0.25) is 4.79 Å². The summed E-state index contributed by atoms with van der Waals surface area (Å²) in [6.45, 7) is 0. The minimum atomic E-state index is 0.106. The van der Waals surface area contributed by atoms with Crippen LogP contribution >= 0.6 is 23.5 Å². The predicted molar refractivity (Wildman–Crippen MR) is 61.1 cm³/mol. The second-order valence-electron chi connectivity index (χ2n) is 3.16. The summed E-state index contributed by atoms with van der Waals surface area (Å²) in [5.74, 6) is 3.93. The fraction of sp³-hybridized carbons (Fsp3) is 0.556. The van der Waals surface area contributed by atoms with Crippen LogP contribution in [0.1, 0.15) is 10.6 Å². The highest BCUT2D eigenvalue weighted by atomic mass is 32.2. The van der Waals surface area contributed by atoms with Crippen LogP contribution < -0.4 is 0 Å². The van der Waals surface area contributed by atoms with E-state index in [0.29, 0.717) is 5.82 Å². The normalized spacial score (nSPS) is 22.2. The van der Waals surface area contributed by atoms with Crippen molar-refractivity contribution in [2.75, 3.05) is 17.3 Å². The lowest BCUT2D eigenvalue weighted by atomic mass is 10.3. The van der Waals surface area contributed by atoms with Crippen molar-refractivity contribution in [3.05, 3.63) is 18.2 Å². The number of hydrogen-bond acceptors (Lipinski definition) is 4. The molecule has 1 atom stereocenters. The van der Waals surface area contributed by atoms with E-state index in [9.17, 15) is 4.79 Å². The Morgan fingerprint density at radius 2 is 2.50 bits per heavy atom. The minimum absolute atomic E-state index is 0.106. The molecule has 0 N–H and O–H groups in total.